The van der Waals surface area contributed by atoms with Gasteiger partial charge in [-0.25, -0.2) is 4.79 Å². The van der Waals surface area contributed by atoms with Crippen LogP contribution in [0.2, 0.25) is 0 Å². The summed E-state index contributed by atoms with van der Waals surface area (Å²) in [5.41, 5.74) is 3.86. The Labute approximate surface area is 152 Å². The first-order valence-corrected chi connectivity index (χ1v) is 8.58. The minimum absolute atomic E-state index is 0.0254. The molecule has 1 aromatic carbocycles. The SMILES string of the molecule is CC(=O)c1c(C)[nH]c(C(=O)OCC(=O)N2c3ccccc3C[C@H]2C)c1C. The second-order valence-electron chi connectivity index (χ2n) is 6.70. The third-order valence-electron chi connectivity index (χ3n) is 4.80. The third-order valence-corrected chi connectivity index (χ3v) is 4.80. The van der Waals surface area contributed by atoms with Crippen molar-refractivity contribution in [2.24, 2.45) is 0 Å². The average molecular weight is 354 g/mol. The maximum atomic E-state index is 12.6. The number of nitrogens with one attached hydrogen (secondary N) is 1. The van der Waals surface area contributed by atoms with E-state index in [9.17, 15) is 14.4 Å². The summed E-state index contributed by atoms with van der Waals surface area (Å²) < 4.78 is 5.22. The molecule has 2 heterocycles. The number of ketones is 1. The molecule has 0 aliphatic carbocycles. The highest BCUT2D eigenvalue weighted by molar-refractivity contribution is 6.02. The minimum atomic E-state index is -0.633. The van der Waals surface area contributed by atoms with Crippen LogP contribution in [0, 0.1) is 13.8 Å². The average Bonchev–Trinajstić information content (AvgIpc) is 3.07. The zero-order valence-corrected chi connectivity index (χ0v) is 15.4. The zero-order valence-electron chi connectivity index (χ0n) is 15.4. The lowest BCUT2D eigenvalue weighted by molar-refractivity contribution is -0.122. The number of H-pyrrole nitrogens is 1. The second-order valence-corrected chi connectivity index (χ2v) is 6.70. The molecule has 6 heteroatoms. The van der Waals surface area contributed by atoms with Gasteiger partial charge in [-0.3, -0.25) is 9.59 Å². The van der Waals surface area contributed by atoms with Crippen LogP contribution in [0.25, 0.3) is 0 Å². The van der Waals surface area contributed by atoms with Gasteiger partial charge in [-0.15, -0.1) is 0 Å². The number of aromatic nitrogens is 1. The quantitative estimate of drug-likeness (QED) is 0.676. The molecule has 1 N–H and O–H groups in total. The number of amides is 1. The van der Waals surface area contributed by atoms with Gasteiger partial charge in [0.15, 0.2) is 12.4 Å². The fourth-order valence-electron chi connectivity index (χ4n) is 3.70. The van der Waals surface area contributed by atoms with Crippen LogP contribution in [-0.2, 0) is 16.0 Å². The van der Waals surface area contributed by atoms with E-state index in [-0.39, 0.29) is 30.0 Å². The highest BCUT2D eigenvalue weighted by Crippen LogP contribution is 2.31. The van der Waals surface area contributed by atoms with Gasteiger partial charge in [0.2, 0.25) is 0 Å². The molecule has 6 nitrogen and oxygen atoms in total. The van der Waals surface area contributed by atoms with E-state index in [2.05, 4.69) is 4.98 Å². The molecule has 0 spiro atoms. The van der Waals surface area contributed by atoms with E-state index in [1.54, 1.807) is 18.7 Å². The molecule has 136 valence electrons. The van der Waals surface area contributed by atoms with Crippen molar-refractivity contribution in [1.82, 2.24) is 4.98 Å². The number of Topliss-reactive ketones (excluding diaryl/α,β-unsaturated/α-hetero) is 1. The van der Waals surface area contributed by atoms with Crippen molar-refractivity contribution in [3.63, 3.8) is 0 Å². The topological polar surface area (TPSA) is 79.5 Å². The molecule has 3 rings (SSSR count). The Morgan fingerprint density at radius 2 is 1.92 bits per heavy atom. The van der Waals surface area contributed by atoms with Gasteiger partial charge in [0.1, 0.15) is 5.69 Å². The number of fused-ring (bicyclic) bond motifs is 1. The second kappa shape index (κ2) is 6.78. The molecule has 26 heavy (non-hydrogen) atoms. The van der Waals surface area contributed by atoms with Crippen LogP contribution in [0.3, 0.4) is 0 Å². The fraction of sp³-hybridized carbons (Fsp3) is 0.350. The van der Waals surface area contributed by atoms with Crippen molar-refractivity contribution >= 4 is 23.3 Å². The Morgan fingerprint density at radius 1 is 1.23 bits per heavy atom. The summed E-state index contributed by atoms with van der Waals surface area (Å²) >= 11 is 0. The number of aromatic amines is 1. The van der Waals surface area contributed by atoms with Gasteiger partial charge in [-0.05, 0) is 51.3 Å². The summed E-state index contributed by atoms with van der Waals surface area (Å²) in [4.78, 5) is 41.2. The third kappa shape index (κ3) is 3.03. The van der Waals surface area contributed by atoms with Crippen molar-refractivity contribution in [3.8, 4) is 0 Å². The van der Waals surface area contributed by atoms with E-state index >= 15 is 0 Å². The molecule has 1 aliphatic heterocycles. The molecule has 1 atom stereocenters. The number of ether oxygens (including phenoxy) is 1. The Balaban J connectivity index is 1.72. The Morgan fingerprint density at radius 3 is 2.58 bits per heavy atom. The van der Waals surface area contributed by atoms with Crippen LogP contribution >= 0.6 is 0 Å². The maximum absolute atomic E-state index is 12.6. The Kier molecular flexibility index (Phi) is 4.68. The number of esters is 1. The smallest absolute Gasteiger partial charge is 0.355 e. The van der Waals surface area contributed by atoms with Crippen LogP contribution in [0.15, 0.2) is 24.3 Å². The normalized spacial score (nSPS) is 15.7. The summed E-state index contributed by atoms with van der Waals surface area (Å²) in [6, 6.07) is 7.76. The van der Waals surface area contributed by atoms with E-state index < -0.39 is 5.97 Å². The summed E-state index contributed by atoms with van der Waals surface area (Å²) in [6.45, 7) is 6.50. The maximum Gasteiger partial charge on any atom is 0.355 e. The van der Waals surface area contributed by atoms with Gasteiger partial charge >= 0.3 is 5.97 Å². The first kappa shape index (κ1) is 17.9. The number of aryl methyl sites for hydroxylation is 1. The van der Waals surface area contributed by atoms with Gasteiger partial charge in [0.05, 0.1) is 0 Å². The molecule has 0 bridgehead atoms. The molecule has 0 saturated heterocycles. The number of para-hydroxylation sites is 1. The lowest BCUT2D eigenvalue weighted by atomic mass is 10.1. The van der Waals surface area contributed by atoms with E-state index in [1.165, 1.54) is 6.92 Å². The molecule has 0 radical (unpaired) electrons. The van der Waals surface area contributed by atoms with Gasteiger partial charge in [-0.2, -0.15) is 0 Å². The minimum Gasteiger partial charge on any atom is -0.451 e. The van der Waals surface area contributed by atoms with Crippen LogP contribution in [0.4, 0.5) is 5.69 Å². The van der Waals surface area contributed by atoms with Crippen molar-refractivity contribution in [2.75, 3.05) is 11.5 Å². The molecular formula is C20H22N2O4. The summed E-state index contributed by atoms with van der Waals surface area (Å²) in [5, 5.41) is 0. The van der Waals surface area contributed by atoms with Gasteiger partial charge in [-0.1, -0.05) is 18.2 Å². The molecule has 1 aromatic heterocycles. The predicted molar refractivity (Wildman–Crippen MR) is 97.6 cm³/mol. The summed E-state index contributed by atoms with van der Waals surface area (Å²) in [5.74, 6) is -1.01. The number of nitrogens with zero attached hydrogens (tertiary/aromatic N) is 1. The number of rotatable bonds is 4. The highest BCUT2D eigenvalue weighted by Gasteiger charge is 2.31. The molecule has 0 unspecified atom stereocenters. The highest BCUT2D eigenvalue weighted by atomic mass is 16.5. The Hall–Kier alpha value is -2.89. The van der Waals surface area contributed by atoms with Crippen LogP contribution in [0.5, 0.6) is 0 Å². The molecule has 0 saturated carbocycles. The van der Waals surface area contributed by atoms with Gasteiger partial charge in [0.25, 0.3) is 5.91 Å². The van der Waals surface area contributed by atoms with Crippen molar-refractivity contribution < 1.29 is 19.1 Å². The van der Waals surface area contributed by atoms with Crippen molar-refractivity contribution in [3.05, 3.63) is 52.3 Å². The van der Waals surface area contributed by atoms with E-state index in [1.807, 2.05) is 31.2 Å². The molecule has 0 fully saturated rings. The fourth-order valence-corrected chi connectivity index (χ4v) is 3.70. The first-order chi connectivity index (χ1) is 12.3. The predicted octanol–water partition coefficient (Wildman–Crippen LogP) is 2.97. The van der Waals surface area contributed by atoms with Crippen molar-refractivity contribution in [2.45, 2.75) is 40.2 Å². The van der Waals surface area contributed by atoms with Crippen LogP contribution in [0.1, 0.15) is 51.5 Å². The van der Waals surface area contributed by atoms with Gasteiger partial charge < -0.3 is 14.6 Å². The van der Waals surface area contributed by atoms with Gasteiger partial charge in [0, 0.05) is 23.0 Å². The van der Waals surface area contributed by atoms with E-state index in [4.69, 9.17) is 4.74 Å². The number of carbonyl (C=O) groups is 3. The molecular weight excluding hydrogens is 332 g/mol. The van der Waals surface area contributed by atoms with E-state index in [0.29, 0.717) is 16.8 Å². The number of carbonyl (C=O) groups excluding carboxylic acids is 3. The summed E-state index contributed by atoms with van der Waals surface area (Å²) in [7, 11) is 0. The van der Waals surface area contributed by atoms with Crippen LogP contribution < -0.4 is 4.90 Å². The standard InChI is InChI=1S/C20H22N2O4/c1-11-9-15-7-5-6-8-16(15)22(11)17(24)10-26-20(25)19-12(2)18(14(4)23)13(3)21-19/h5-8,11,21H,9-10H2,1-4H3/t11-/m1/s1. The Bertz CT molecular complexity index is 897. The van der Waals surface area contributed by atoms with E-state index in [0.717, 1.165) is 17.7 Å². The molecule has 1 amide bonds. The first-order valence-electron chi connectivity index (χ1n) is 8.58. The van der Waals surface area contributed by atoms with Crippen LogP contribution in [-0.4, -0.2) is 35.3 Å². The number of hydrogen-bond acceptors (Lipinski definition) is 4. The largest absolute Gasteiger partial charge is 0.451 e. The monoisotopic (exact) mass is 354 g/mol. The lowest BCUT2D eigenvalue weighted by Crippen LogP contribution is -2.38. The lowest BCUT2D eigenvalue weighted by Gasteiger charge is -2.22. The molecule has 1 aliphatic rings. The number of anilines is 1. The molecule has 2 aromatic rings. The zero-order chi connectivity index (χ0) is 19.0. The number of benzene rings is 1. The summed E-state index contributed by atoms with van der Waals surface area (Å²) in [6.07, 6.45) is 0.784. The number of hydrogen-bond donors (Lipinski definition) is 1. The van der Waals surface area contributed by atoms with Crippen molar-refractivity contribution in [1.29, 1.82) is 0 Å².